The number of hydrogen-bond acceptors (Lipinski definition) is 2. The van der Waals surface area contributed by atoms with Gasteiger partial charge < -0.3 is 0 Å². The van der Waals surface area contributed by atoms with Crippen molar-refractivity contribution in [3.05, 3.63) is 35.5 Å². The average molecular weight is 212 g/mol. The molecule has 0 aromatic heterocycles. The molecule has 2 nitrogen and oxygen atoms in total. The fourth-order valence-electron chi connectivity index (χ4n) is 1.70. The quantitative estimate of drug-likeness (QED) is 0.613. The molecule has 0 heterocycles. The van der Waals surface area contributed by atoms with Crippen LogP contribution in [0.15, 0.2) is 35.5 Å². The molecule has 82 valence electrons. The highest BCUT2D eigenvalue weighted by Gasteiger charge is 2.03. The summed E-state index contributed by atoms with van der Waals surface area (Å²) in [5.41, 5.74) is 1.13. The summed E-state index contributed by atoms with van der Waals surface area (Å²) in [5, 5.41) is 17.9. The molecule has 1 aliphatic rings. The number of rotatable bonds is 0. The Bertz CT molecular complexity index is 386. The van der Waals surface area contributed by atoms with Gasteiger partial charge in [0.1, 0.15) is 6.07 Å². The van der Waals surface area contributed by atoms with Crippen molar-refractivity contribution in [1.29, 1.82) is 10.5 Å². The molecule has 0 saturated carbocycles. The molecule has 0 atom stereocenters. The Morgan fingerprint density at radius 1 is 0.938 bits per heavy atom. The van der Waals surface area contributed by atoms with E-state index in [4.69, 9.17) is 10.5 Å². The molecule has 0 unspecified atom stereocenters. The molecule has 0 spiro atoms. The maximum atomic E-state index is 8.99. The highest BCUT2D eigenvalue weighted by Crippen LogP contribution is 2.15. The van der Waals surface area contributed by atoms with Crippen LogP contribution in [0, 0.1) is 22.7 Å². The topological polar surface area (TPSA) is 47.6 Å². The van der Waals surface area contributed by atoms with E-state index in [-0.39, 0.29) is 0 Å². The smallest absolute Gasteiger partial charge is 0.100 e. The zero-order valence-electron chi connectivity index (χ0n) is 9.45. The molecular weight excluding hydrogens is 196 g/mol. The van der Waals surface area contributed by atoms with E-state index in [2.05, 4.69) is 18.2 Å². The maximum absolute atomic E-state index is 8.99. The number of hydrogen-bond donors (Lipinski definition) is 0. The van der Waals surface area contributed by atoms with E-state index in [1.807, 2.05) is 12.2 Å². The van der Waals surface area contributed by atoms with Gasteiger partial charge in [-0.3, -0.25) is 0 Å². The minimum absolute atomic E-state index is 0.507. The fraction of sp³-hybridized carbons (Fsp3) is 0.429. The van der Waals surface area contributed by atoms with Crippen molar-refractivity contribution in [3.63, 3.8) is 0 Å². The number of nitriles is 2. The molecule has 0 aromatic rings. The van der Waals surface area contributed by atoms with Crippen LogP contribution in [0.1, 0.15) is 38.5 Å². The van der Waals surface area contributed by atoms with Gasteiger partial charge in [0.25, 0.3) is 0 Å². The summed E-state index contributed by atoms with van der Waals surface area (Å²) >= 11 is 0. The highest BCUT2D eigenvalue weighted by atomic mass is 14.3. The van der Waals surface area contributed by atoms with Gasteiger partial charge in [-0.15, -0.1) is 0 Å². The number of nitrogens with zero attached hydrogens (tertiary/aromatic N) is 2. The van der Waals surface area contributed by atoms with Crippen molar-refractivity contribution in [3.8, 4) is 12.1 Å². The van der Waals surface area contributed by atoms with E-state index >= 15 is 0 Å². The van der Waals surface area contributed by atoms with Crippen molar-refractivity contribution >= 4 is 0 Å². The average Bonchev–Trinajstić information content (AvgIpc) is 2.30. The molecule has 0 bridgehead atoms. The third-order valence-electron chi connectivity index (χ3n) is 2.64. The fourth-order valence-corrected chi connectivity index (χ4v) is 1.70. The van der Waals surface area contributed by atoms with Crippen molar-refractivity contribution in [2.75, 3.05) is 0 Å². The normalized spacial score (nSPS) is 26.6. The first-order chi connectivity index (χ1) is 7.88. The van der Waals surface area contributed by atoms with E-state index in [0.29, 0.717) is 11.1 Å². The van der Waals surface area contributed by atoms with Crippen molar-refractivity contribution < 1.29 is 0 Å². The summed E-state index contributed by atoms with van der Waals surface area (Å²) in [5.74, 6) is 0. The summed E-state index contributed by atoms with van der Waals surface area (Å²) in [6.07, 6.45) is 14.0. The standard InChI is InChI=1S/C14H16N2/c15-11-13-9-7-5-3-1-2-4-6-8-10-14(13)12-16/h3,5,7,9H,1-2,4,6,8,10H2/b5-3-,9-7-,14-13-. The van der Waals surface area contributed by atoms with E-state index in [9.17, 15) is 0 Å². The molecule has 16 heavy (non-hydrogen) atoms. The SMILES string of the molecule is N#CC1=C(\C#N)CCCCCC\C=C/C=C\1. The molecule has 0 aromatic carbocycles. The van der Waals surface area contributed by atoms with Crippen LogP contribution in [0.25, 0.3) is 0 Å². The minimum Gasteiger partial charge on any atom is -0.193 e. The lowest BCUT2D eigenvalue weighted by Crippen LogP contribution is -1.88. The second-order valence-corrected chi connectivity index (χ2v) is 3.86. The molecule has 0 N–H and O–H groups in total. The number of allylic oxidation sites excluding steroid dienone is 6. The van der Waals surface area contributed by atoms with Gasteiger partial charge >= 0.3 is 0 Å². The lowest BCUT2D eigenvalue weighted by atomic mass is 10.0. The van der Waals surface area contributed by atoms with Crippen molar-refractivity contribution in [1.82, 2.24) is 0 Å². The summed E-state index contributed by atoms with van der Waals surface area (Å²) in [4.78, 5) is 0. The second-order valence-electron chi connectivity index (χ2n) is 3.86. The first-order valence-corrected chi connectivity index (χ1v) is 5.75. The molecule has 0 aliphatic heterocycles. The Morgan fingerprint density at radius 2 is 1.75 bits per heavy atom. The van der Waals surface area contributed by atoms with Crippen LogP contribution >= 0.6 is 0 Å². The van der Waals surface area contributed by atoms with Gasteiger partial charge in [0.15, 0.2) is 0 Å². The Labute approximate surface area is 97.2 Å². The van der Waals surface area contributed by atoms with Gasteiger partial charge in [0.05, 0.1) is 11.6 Å². The van der Waals surface area contributed by atoms with Crippen LogP contribution in [-0.4, -0.2) is 0 Å². The van der Waals surface area contributed by atoms with Crippen molar-refractivity contribution in [2.24, 2.45) is 0 Å². The molecular formula is C14H16N2. The minimum atomic E-state index is 0.507. The Hall–Kier alpha value is -1.80. The third-order valence-corrected chi connectivity index (χ3v) is 2.64. The summed E-state index contributed by atoms with van der Waals surface area (Å²) < 4.78 is 0. The second kappa shape index (κ2) is 7.49. The van der Waals surface area contributed by atoms with E-state index < -0.39 is 0 Å². The Morgan fingerprint density at radius 3 is 2.50 bits per heavy atom. The molecule has 0 radical (unpaired) electrons. The lowest BCUT2D eigenvalue weighted by Gasteiger charge is -2.01. The molecule has 0 saturated heterocycles. The van der Waals surface area contributed by atoms with Gasteiger partial charge in [-0.2, -0.15) is 10.5 Å². The van der Waals surface area contributed by atoms with Crippen LogP contribution in [-0.2, 0) is 0 Å². The maximum Gasteiger partial charge on any atom is 0.100 e. The van der Waals surface area contributed by atoms with Gasteiger partial charge in [0.2, 0.25) is 0 Å². The van der Waals surface area contributed by atoms with E-state index in [1.165, 1.54) is 12.8 Å². The lowest BCUT2D eigenvalue weighted by molar-refractivity contribution is 0.647. The molecule has 0 amide bonds. The van der Waals surface area contributed by atoms with Crippen molar-refractivity contribution in [2.45, 2.75) is 38.5 Å². The van der Waals surface area contributed by atoms with E-state index in [0.717, 1.165) is 25.7 Å². The third kappa shape index (κ3) is 4.15. The summed E-state index contributed by atoms with van der Waals surface area (Å²) in [6.45, 7) is 0. The molecule has 1 aliphatic carbocycles. The highest BCUT2D eigenvalue weighted by molar-refractivity contribution is 5.44. The largest absolute Gasteiger partial charge is 0.193 e. The van der Waals surface area contributed by atoms with Gasteiger partial charge in [-0.1, -0.05) is 31.1 Å². The predicted octanol–water partition coefficient (Wildman–Crippen LogP) is 3.80. The van der Waals surface area contributed by atoms with Gasteiger partial charge in [-0.25, -0.2) is 0 Å². The van der Waals surface area contributed by atoms with Crippen LogP contribution in [0.3, 0.4) is 0 Å². The first kappa shape index (κ1) is 12.3. The van der Waals surface area contributed by atoms with Gasteiger partial charge in [-0.05, 0) is 31.8 Å². The van der Waals surface area contributed by atoms with Crippen LogP contribution < -0.4 is 0 Å². The van der Waals surface area contributed by atoms with Gasteiger partial charge in [0, 0.05) is 5.57 Å². The zero-order chi connectivity index (χ0) is 11.6. The van der Waals surface area contributed by atoms with Crippen LogP contribution in [0.5, 0.6) is 0 Å². The van der Waals surface area contributed by atoms with Crippen LogP contribution in [0.2, 0.25) is 0 Å². The zero-order valence-corrected chi connectivity index (χ0v) is 9.45. The predicted molar refractivity (Wildman–Crippen MR) is 64.2 cm³/mol. The van der Waals surface area contributed by atoms with Crippen LogP contribution in [0.4, 0.5) is 0 Å². The molecule has 1 rings (SSSR count). The summed E-state index contributed by atoms with van der Waals surface area (Å²) in [6, 6.07) is 4.23. The summed E-state index contributed by atoms with van der Waals surface area (Å²) in [7, 11) is 0. The van der Waals surface area contributed by atoms with E-state index in [1.54, 1.807) is 6.08 Å². The molecule has 0 fully saturated rings. The molecule has 2 heteroatoms. The Balaban J connectivity index is 2.87. The first-order valence-electron chi connectivity index (χ1n) is 5.75. The Kier molecular flexibility index (Phi) is 5.74. The monoisotopic (exact) mass is 212 g/mol.